The average molecular weight is 577 g/mol. The number of carboxylic acid groups (broad SMARTS) is 1. The van der Waals surface area contributed by atoms with Crippen LogP contribution in [0.15, 0.2) is 69.0 Å². The molecule has 214 valence electrons. The van der Waals surface area contributed by atoms with Crippen LogP contribution in [0.2, 0.25) is 0 Å². The third kappa shape index (κ3) is 7.90. The minimum atomic E-state index is -1.11. The number of phenols is 1. The fraction of sp³-hybridized carbons (Fsp3) is 0.290. The first kappa shape index (κ1) is 29.7. The molecule has 0 bridgehead atoms. The summed E-state index contributed by atoms with van der Waals surface area (Å²) in [5.41, 5.74) is 2.35. The van der Waals surface area contributed by atoms with Gasteiger partial charge in [-0.3, -0.25) is 4.79 Å². The second-order valence-electron chi connectivity index (χ2n) is 10.8. The van der Waals surface area contributed by atoms with Crippen molar-refractivity contribution < 1.29 is 28.7 Å². The monoisotopic (exact) mass is 576 g/mol. The zero-order chi connectivity index (χ0) is 29.6. The largest absolute Gasteiger partial charge is 0.508 e. The van der Waals surface area contributed by atoms with E-state index in [1.54, 1.807) is 36.5 Å². The third-order valence-corrected chi connectivity index (χ3v) is 6.78. The highest BCUT2D eigenvalue weighted by Crippen LogP contribution is 2.42. The second kappa shape index (κ2) is 12.9. The van der Waals surface area contributed by atoms with Gasteiger partial charge in [0.2, 0.25) is 0 Å². The number of quaternary nitrogens is 1. The summed E-state index contributed by atoms with van der Waals surface area (Å²) < 4.78 is 6.71. The lowest BCUT2D eigenvalue weighted by Gasteiger charge is -2.22. The van der Waals surface area contributed by atoms with E-state index in [2.05, 4.69) is 31.6 Å². The van der Waals surface area contributed by atoms with Crippen LogP contribution in [0, 0.1) is 0 Å². The molecule has 2 aliphatic rings. The van der Waals surface area contributed by atoms with E-state index in [-0.39, 0.29) is 16.7 Å². The highest BCUT2D eigenvalue weighted by molar-refractivity contribution is 7.80. The predicted octanol–water partition coefficient (Wildman–Crippen LogP) is 5.98. The first-order chi connectivity index (χ1) is 19.5. The van der Waals surface area contributed by atoms with E-state index < -0.39 is 5.97 Å². The molecule has 2 aromatic carbocycles. The van der Waals surface area contributed by atoms with Gasteiger partial charge in [-0.25, -0.2) is 4.79 Å². The van der Waals surface area contributed by atoms with Gasteiger partial charge in [-0.2, -0.15) is 0 Å². The SMILES string of the molecule is C[N+](C)(C)CCO/N=C/CCCCC(=S)Nc1ccc(-c2c3ccc(=O)cc-3oc3cc(O)ccc23)c(C(=O)O)c1. The normalized spacial score (nSPS) is 11.8. The molecular formula is C31H34N3O6S+. The Bertz CT molecular complexity index is 1620. The molecule has 0 amide bonds. The summed E-state index contributed by atoms with van der Waals surface area (Å²) in [4.78, 5) is 30.3. The number of unbranched alkanes of at least 4 members (excludes halogenated alkanes) is 2. The van der Waals surface area contributed by atoms with Gasteiger partial charge in [0.1, 0.15) is 23.6 Å². The highest BCUT2D eigenvalue weighted by Gasteiger charge is 2.22. The minimum Gasteiger partial charge on any atom is -0.508 e. The topological polar surface area (TPSA) is 121 Å². The van der Waals surface area contributed by atoms with Gasteiger partial charge < -0.3 is 29.3 Å². The van der Waals surface area contributed by atoms with Crippen LogP contribution in [0.3, 0.4) is 0 Å². The van der Waals surface area contributed by atoms with Crippen LogP contribution in [0.4, 0.5) is 5.69 Å². The number of oxime groups is 1. The van der Waals surface area contributed by atoms with Gasteiger partial charge in [0, 0.05) is 40.5 Å². The molecule has 0 aromatic heterocycles. The molecule has 1 aliphatic heterocycles. The number of hydrogen-bond donors (Lipinski definition) is 3. The van der Waals surface area contributed by atoms with Gasteiger partial charge in [-0.1, -0.05) is 23.4 Å². The van der Waals surface area contributed by atoms with Crippen molar-refractivity contribution in [3.8, 4) is 28.2 Å². The smallest absolute Gasteiger partial charge is 0.336 e. The zero-order valence-electron chi connectivity index (χ0n) is 23.3. The number of aromatic hydroxyl groups is 1. The minimum absolute atomic E-state index is 0.00699. The zero-order valence-corrected chi connectivity index (χ0v) is 24.2. The maximum atomic E-state index is 12.4. The Kier molecular flexibility index (Phi) is 9.36. The fourth-order valence-corrected chi connectivity index (χ4v) is 4.65. The molecule has 1 aliphatic carbocycles. The molecule has 41 heavy (non-hydrogen) atoms. The van der Waals surface area contributed by atoms with Crippen molar-refractivity contribution in [3.63, 3.8) is 0 Å². The first-order valence-corrected chi connectivity index (χ1v) is 13.7. The van der Waals surface area contributed by atoms with E-state index >= 15 is 0 Å². The number of anilines is 1. The van der Waals surface area contributed by atoms with Gasteiger partial charge in [0.25, 0.3) is 0 Å². The number of nitrogens with one attached hydrogen (secondary N) is 1. The summed E-state index contributed by atoms with van der Waals surface area (Å²) >= 11 is 5.51. The lowest BCUT2D eigenvalue weighted by Crippen LogP contribution is -2.37. The number of hydrogen-bond acceptors (Lipinski definition) is 7. The summed E-state index contributed by atoms with van der Waals surface area (Å²) in [6.45, 7) is 1.45. The van der Waals surface area contributed by atoms with Gasteiger partial charge in [0.15, 0.2) is 12.0 Å². The van der Waals surface area contributed by atoms with Crippen molar-refractivity contribution in [2.75, 3.05) is 39.6 Å². The molecule has 1 heterocycles. The number of phenolic OH excluding ortho intramolecular Hbond substituents is 1. The number of fused-ring (bicyclic) bond motifs is 2. The van der Waals surface area contributed by atoms with E-state index in [1.165, 1.54) is 24.3 Å². The maximum absolute atomic E-state index is 12.4. The number of nitrogens with zero attached hydrogens (tertiary/aromatic N) is 2. The number of aromatic carboxylic acids is 1. The molecule has 4 rings (SSSR count). The molecule has 9 nitrogen and oxygen atoms in total. The van der Waals surface area contributed by atoms with Gasteiger partial charge >= 0.3 is 5.97 Å². The van der Waals surface area contributed by atoms with Crippen LogP contribution in [0.5, 0.6) is 5.75 Å². The molecule has 2 aromatic rings. The van der Waals surface area contributed by atoms with Crippen LogP contribution in [0.25, 0.3) is 33.4 Å². The van der Waals surface area contributed by atoms with Crippen molar-refractivity contribution in [1.82, 2.24) is 0 Å². The predicted molar refractivity (Wildman–Crippen MR) is 165 cm³/mol. The van der Waals surface area contributed by atoms with Crippen LogP contribution >= 0.6 is 12.2 Å². The molecule has 0 atom stereocenters. The Morgan fingerprint density at radius 2 is 1.85 bits per heavy atom. The summed E-state index contributed by atoms with van der Waals surface area (Å²) in [6, 6.07) is 14.0. The Balaban J connectivity index is 1.47. The number of benzene rings is 3. The van der Waals surface area contributed by atoms with Crippen LogP contribution in [-0.2, 0) is 4.84 Å². The van der Waals surface area contributed by atoms with Gasteiger partial charge in [-0.05, 0) is 67.6 Å². The number of thiocarbonyl (C=S) groups is 1. The summed E-state index contributed by atoms with van der Waals surface area (Å²) in [7, 11) is 6.30. The fourth-order valence-electron chi connectivity index (χ4n) is 4.38. The number of carboxylic acids is 1. The molecule has 0 saturated heterocycles. The van der Waals surface area contributed by atoms with Gasteiger partial charge in [0.05, 0.1) is 31.7 Å². The van der Waals surface area contributed by atoms with E-state index in [9.17, 15) is 19.8 Å². The van der Waals surface area contributed by atoms with Crippen LogP contribution in [-0.4, -0.2) is 66.2 Å². The number of carbonyl (C=O) groups is 1. The first-order valence-electron chi connectivity index (χ1n) is 13.3. The lowest BCUT2D eigenvalue weighted by atomic mass is 9.90. The van der Waals surface area contributed by atoms with Gasteiger partial charge in [-0.15, -0.1) is 0 Å². The number of likely N-dealkylation sites (N-methyl/N-ethyl adjacent to an activating group) is 1. The van der Waals surface area contributed by atoms with Crippen molar-refractivity contribution in [3.05, 3.63) is 70.4 Å². The standard InChI is InChI=1S/C31H33N3O6S/c1-34(2,3)15-16-39-32-14-6-4-5-7-29(41)33-20-8-11-23(26(17-20)31(37)38)30-24-12-9-21(35)18-27(24)40-28-19-22(36)10-13-25(28)30/h8-14,17-19H,4-7,15-16H2,1-3H3,(H2-,33,35,36,37,38,41)/p+1/b32-14+. The molecule has 3 N–H and O–H groups in total. The Hall–Kier alpha value is -4.28. The van der Waals surface area contributed by atoms with E-state index in [0.29, 0.717) is 57.1 Å². The molecule has 0 fully saturated rings. The highest BCUT2D eigenvalue weighted by atomic mass is 32.1. The Morgan fingerprint density at radius 3 is 2.61 bits per heavy atom. The quantitative estimate of drug-likeness (QED) is 0.0471. The summed E-state index contributed by atoms with van der Waals surface area (Å²) in [6.07, 6.45) is 4.94. The molecular weight excluding hydrogens is 542 g/mol. The molecule has 0 unspecified atom stereocenters. The molecule has 0 radical (unpaired) electrons. The number of rotatable bonds is 12. The average Bonchev–Trinajstić information content (AvgIpc) is 2.90. The van der Waals surface area contributed by atoms with E-state index in [4.69, 9.17) is 21.5 Å². The second-order valence-corrected chi connectivity index (χ2v) is 11.3. The molecule has 10 heteroatoms. The Morgan fingerprint density at radius 1 is 1.07 bits per heavy atom. The van der Waals surface area contributed by atoms with Crippen molar-refractivity contribution in [2.24, 2.45) is 5.16 Å². The molecule has 0 spiro atoms. The Labute approximate surface area is 243 Å². The van der Waals surface area contributed by atoms with Crippen molar-refractivity contribution in [2.45, 2.75) is 25.7 Å². The lowest BCUT2D eigenvalue weighted by molar-refractivity contribution is -0.870. The van der Waals surface area contributed by atoms with Crippen LogP contribution in [0.1, 0.15) is 36.0 Å². The summed E-state index contributed by atoms with van der Waals surface area (Å²) in [5, 5.41) is 27.9. The van der Waals surface area contributed by atoms with Crippen LogP contribution < -0.4 is 10.7 Å². The summed E-state index contributed by atoms with van der Waals surface area (Å²) in [5.74, 6) is -0.822. The van der Waals surface area contributed by atoms with E-state index in [0.717, 1.165) is 30.3 Å². The molecule has 0 saturated carbocycles. The third-order valence-electron chi connectivity index (χ3n) is 6.47. The van der Waals surface area contributed by atoms with Crippen molar-refractivity contribution >= 4 is 46.0 Å². The van der Waals surface area contributed by atoms with E-state index in [1.807, 2.05) is 0 Å². The maximum Gasteiger partial charge on any atom is 0.336 e. The van der Waals surface area contributed by atoms with Crippen molar-refractivity contribution in [1.29, 1.82) is 0 Å².